The van der Waals surface area contributed by atoms with E-state index in [-0.39, 0.29) is 6.61 Å². The lowest BCUT2D eigenvalue weighted by molar-refractivity contribution is 0.311. The van der Waals surface area contributed by atoms with E-state index < -0.39 is 0 Å². The number of nitrogens with one attached hydrogen (secondary N) is 1. The molecule has 0 saturated heterocycles. The normalized spacial score (nSPS) is 11.3. The molecule has 4 nitrogen and oxygen atoms in total. The SMILES string of the molecule is CC(C)c1ccc(-c2csc3ncnc(NCCO)c23)cc1. The third kappa shape index (κ3) is 2.82. The van der Waals surface area contributed by atoms with Crippen LogP contribution in [-0.2, 0) is 0 Å². The summed E-state index contributed by atoms with van der Waals surface area (Å²) in [6.45, 7) is 4.95. The van der Waals surface area contributed by atoms with Crippen LogP contribution in [0.25, 0.3) is 21.3 Å². The Morgan fingerprint density at radius 3 is 2.64 bits per heavy atom. The maximum atomic E-state index is 9.02. The number of aromatic nitrogens is 2. The highest BCUT2D eigenvalue weighted by Gasteiger charge is 2.13. The lowest BCUT2D eigenvalue weighted by atomic mass is 9.99. The van der Waals surface area contributed by atoms with Gasteiger partial charge in [-0.05, 0) is 17.0 Å². The molecule has 22 heavy (non-hydrogen) atoms. The van der Waals surface area contributed by atoms with Crippen LogP contribution in [0.4, 0.5) is 5.82 Å². The molecule has 0 aliphatic rings. The molecular weight excluding hydrogens is 294 g/mol. The van der Waals surface area contributed by atoms with E-state index in [4.69, 9.17) is 5.11 Å². The average Bonchev–Trinajstić information content (AvgIpc) is 2.97. The predicted octanol–water partition coefficient (Wildman–Crippen LogP) is 3.89. The fraction of sp³-hybridized carbons (Fsp3) is 0.294. The molecule has 2 aromatic heterocycles. The Hall–Kier alpha value is -1.98. The molecule has 0 atom stereocenters. The van der Waals surface area contributed by atoms with E-state index in [1.165, 1.54) is 5.56 Å². The molecule has 2 heterocycles. The van der Waals surface area contributed by atoms with Gasteiger partial charge in [-0.25, -0.2) is 9.97 Å². The zero-order valence-electron chi connectivity index (χ0n) is 12.7. The van der Waals surface area contributed by atoms with Crippen molar-refractivity contribution in [2.45, 2.75) is 19.8 Å². The standard InChI is InChI=1S/C17H19N3OS/c1-11(2)12-3-5-13(6-4-12)14-9-22-17-15(14)16(18-7-8-21)19-10-20-17/h3-6,9-11,21H,7-8H2,1-2H3,(H,18,19,20). The molecule has 0 saturated carbocycles. The van der Waals surface area contributed by atoms with Crippen molar-refractivity contribution in [3.63, 3.8) is 0 Å². The number of aliphatic hydroxyl groups is 1. The van der Waals surface area contributed by atoms with Crippen LogP contribution < -0.4 is 5.32 Å². The Morgan fingerprint density at radius 1 is 1.18 bits per heavy atom. The Balaban J connectivity index is 2.06. The topological polar surface area (TPSA) is 58.0 Å². The molecule has 3 rings (SSSR count). The maximum Gasteiger partial charge on any atom is 0.138 e. The van der Waals surface area contributed by atoms with Gasteiger partial charge in [0.05, 0.1) is 12.0 Å². The molecule has 0 aliphatic carbocycles. The molecular formula is C17H19N3OS. The highest BCUT2D eigenvalue weighted by atomic mass is 32.1. The second kappa shape index (κ2) is 6.42. The van der Waals surface area contributed by atoms with E-state index in [1.54, 1.807) is 17.7 Å². The Bertz CT molecular complexity index is 765. The Labute approximate surface area is 133 Å². The van der Waals surface area contributed by atoms with Crippen LogP contribution in [0, 0.1) is 0 Å². The first-order valence-corrected chi connectivity index (χ1v) is 8.26. The summed E-state index contributed by atoms with van der Waals surface area (Å²) >= 11 is 1.61. The first kappa shape index (κ1) is 14.9. The maximum absolute atomic E-state index is 9.02. The fourth-order valence-corrected chi connectivity index (χ4v) is 3.36. The number of hydrogen-bond donors (Lipinski definition) is 2. The first-order chi connectivity index (χ1) is 10.7. The molecule has 2 N–H and O–H groups in total. The predicted molar refractivity (Wildman–Crippen MR) is 92.5 cm³/mol. The van der Waals surface area contributed by atoms with Crippen molar-refractivity contribution >= 4 is 27.4 Å². The molecule has 5 heteroatoms. The summed E-state index contributed by atoms with van der Waals surface area (Å²) in [6.07, 6.45) is 1.56. The summed E-state index contributed by atoms with van der Waals surface area (Å²) in [4.78, 5) is 9.63. The molecule has 0 spiro atoms. The number of thiophene rings is 1. The number of hydrogen-bond acceptors (Lipinski definition) is 5. The number of anilines is 1. The van der Waals surface area contributed by atoms with Crippen LogP contribution in [0.2, 0.25) is 0 Å². The molecule has 0 unspecified atom stereocenters. The number of benzene rings is 1. The van der Waals surface area contributed by atoms with Crippen LogP contribution >= 0.6 is 11.3 Å². The van der Waals surface area contributed by atoms with E-state index in [0.717, 1.165) is 27.2 Å². The van der Waals surface area contributed by atoms with Crippen molar-refractivity contribution in [3.05, 3.63) is 41.5 Å². The van der Waals surface area contributed by atoms with Gasteiger partial charge in [0.2, 0.25) is 0 Å². The average molecular weight is 313 g/mol. The van der Waals surface area contributed by atoms with Crippen molar-refractivity contribution in [2.75, 3.05) is 18.5 Å². The quantitative estimate of drug-likeness (QED) is 0.750. The van der Waals surface area contributed by atoms with Gasteiger partial charge < -0.3 is 10.4 Å². The summed E-state index contributed by atoms with van der Waals surface area (Å²) in [5, 5.41) is 15.3. The number of fused-ring (bicyclic) bond motifs is 1. The lowest BCUT2D eigenvalue weighted by Crippen LogP contribution is -2.07. The summed E-state index contributed by atoms with van der Waals surface area (Å²) < 4.78 is 0. The third-order valence-electron chi connectivity index (χ3n) is 3.66. The van der Waals surface area contributed by atoms with Crippen LogP contribution in [0.3, 0.4) is 0 Å². The fourth-order valence-electron chi connectivity index (χ4n) is 2.44. The number of aliphatic hydroxyl groups excluding tert-OH is 1. The van der Waals surface area contributed by atoms with Gasteiger partial charge in [-0.3, -0.25) is 0 Å². The lowest BCUT2D eigenvalue weighted by Gasteiger charge is -2.09. The minimum absolute atomic E-state index is 0.0774. The molecule has 114 valence electrons. The summed E-state index contributed by atoms with van der Waals surface area (Å²) in [7, 11) is 0. The van der Waals surface area contributed by atoms with Gasteiger partial charge in [-0.2, -0.15) is 0 Å². The smallest absolute Gasteiger partial charge is 0.138 e. The van der Waals surface area contributed by atoms with Crippen molar-refractivity contribution in [1.29, 1.82) is 0 Å². The van der Waals surface area contributed by atoms with Gasteiger partial charge in [0, 0.05) is 17.5 Å². The minimum atomic E-state index is 0.0774. The highest BCUT2D eigenvalue weighted by Crippen LogP contribution is 2.36. The van der Waals surface area contributed by atoms with Crippen LogP contribution in [0.5, 0.6) is 0 Å². The zero-order valence-corrected chi connectivity index (χ0v) is 13.5. The summed E-state index contributed by atoms with van der Waals surface area (Å²) in [6, 6.07) is 8.65. The molecule has 0 bridgehead atoms. The molecule has 1 aromatic carbocycles. The van der Waals surface area contributed by atoms with Gasteiger partial charge in [0.1, 0.15) is 17.0 Å². The minimum Gasteiger partial charge on any atom is -0.395 e. The van der Waals surface area contributed by atoms with E-state index in [0.29, 0.717) is 12.5 Å². The van der Waals surface area contributed by atoms with E-state index in [2.05, 4.69) is 58.8 Å². The van der Waals surface area contributed by atoms with E-state index in [9.17, 15) is 0 Å². The van der Waals surface area contributed by atoms with Crippen molar-refractivity contribution in [3.8, 4) is 11.1 Å². The van der Waals surface area contributed by atoms with Gasteiger partial charge >= 0.3 is 0 Å². The van der Waals surface area contributed by atoms with Crippen LogP contribution in [0.1, 0.15) is 25.3 Å². The molecule has 0 amide bonds. The van der Waals surface area contributed by atoms with E-state index >= 15 is 0 Å². The molecule has 0 fully saturated rings. The summed E-state index contributed by atoms with van der Waals surface area (Å²) in [5.74, 6) is 1.31. The van der Waals surface area contributed by atoms with Gasteiger partial charge in [-0.15, -0.1) is 11.3 Å². The van der Waals surface area contributed by atoms with Crippen molar-refractivity contribution in [2.24, 2.45) is 0 Å². The third-order valence-corrected chi connectivity index (χ3v) is 4.55. The zero-order chi connectivity index (χ0) is 15.5. The Morgan fingerprint density at radius 2 is 1.95 bits per heavy atom. The van der Waals surface area contributed by atoms with Crippen LogP contribution in [0.15, 0.2) is 36.0 Å². The second-order valence-corrected chi connectivity index (χ2v) is 6.34. The monoisotopic (exact) mass is 313 g/mol. The Kier molecular flexibility index (Phi) is 4.36. The number of nitrogens with zero attached hydrogens (tertiary/aromatic N) is 2. The van der Waals surface area contributed by atoms with Gasteiger partial charge in [0.15, 0.2) is 0 Å². The highest BCUT2D eigenvalue weighted by molar-refractivity contribution is 7.17. The molecule has 3 aromatic rings. The largest absolute Gasteiger partial charge is 0.395 e. The van der Waals surface area contributed by atoms with Gasteiger partial charge in [-0.1, -0.05) is 38.1 Å². The second-order valence-electron chi connectivity index (χ2n) is 5.48. The van der Waals surface area contributed by atoms with Crippen molar-refractivity contribution < 1.29 is 5.11 Å². The van der Waals surface area contributed by atoms with E-state index in [1.807, 2.05) is 0 Å². The number of rotatable bonds is 5. The summed E-state index contributed by atoms with van der Waals surface area (Å²) in [5.41, 5.74) is 3.63. The molecule has 0 radical (unpaired) electrons. The molecule has 0 aliphatic heterocycles. The van der Waals surface area contributed by atoms with Crippen molar-refractivity contribution in [1.82, 2.24) is 9.97 Å². The van der Waals surface area contributed by atoms with Gasteiger partial charge in [0.25, 0.3) is 0 Å². The van der Waals surface area contributed by atoms with Crippen LogP contribution in [-0.4, -0.2) is 28.2 Å². The first-order valence-electron chi connectivity index (χ1n) is 7.38.